The summed E-state index contributed by atoms with van der Waals surface area (Å²) in [4.78, 5) is 24.9. The van der Waals surface area contributed by atoms with Gasteiger partial charge in [0.05, 0.1) is 12.0 Å². The van der Waals surface area contributed by atoms with Crippen molar-refractivity contribution in [2.45, 2.75) is 6.04 Å². The highest BCUT2D eigenvalue weighted by Gasteiger charge is 2.38. The molecule has 1 saturated heterocycles. The molecule has 2 amide bonds. The number of carbonyl (C=O) groups excluding carboxylic acids is 2. The van der Waals surface area contributed by atoms with Gasteiger partial charge in [0.1, 0.15) is 0 Å². The smallest absolute Gasteiger partial charge is 0.319 e. The topological polar surface area (TPSA) is 58.2 Å². The van der Waals surface area contributed by atoms with Gasteiger partial charge in [-0.3, -0.25) is 4.79 Å². The first-order valence-corrected chi connectivity index (χ1v) is 8.44. The molecule has 6 heteroatoms. The first-order chi connectivity index (χ1) is 11.5. The number of amides is 2. The van der Waals surface area contributed by atoms with Crippen molar-refractivity contribution < 1.29 is 9.59 Å². The molecule has 2 atom stereocenters. The number of carbonyl (C=O) groups is 2. The van der Waals surface area contributed by atoms with Gasteiger partial charge >= 0.3 is 6.03 Å². The van der Waals surface area contributed by atoms with Crippen molar-refractivity contribution in [2.24, 2.45) is 5.92 Å². The van der Waals surface area contributed by atoms with Crippen LogP contribution in [0.1, 0.15) is 22.0 Å². The Morgan fingerprint density at radius 2 is 1.88 bits per heavy atom. The Hall–Kier alpha value is -2.11. The van der Waals surface area contributed by atoms with E-state index in [1.165, 1.54) is 0 Å². The van der Waals surface area contributed by atoms with Gasteiger partial charge in [-0.2, -0.15) is 0 Å². The summed E-state index contributed by atoms with van der Waals surface area (Å²) in [6.07, 6.45) is 0. The fourth-order valence-corrected chi connectivity index (χ4v) is 3.31. The van der Waals surface area contributed by atoms with E-state index in [1.54, 1.807) is 24.3 Å². The van der Waals surface area contributed by atoms with Crippen molar-refractivity contribution in [1.29, 1.82) is 0 Å². The second kappa shape index (κ2) is 6.79. The fraction of sp³-hybridized carbons (Fsp3) is 0.111. The highest BCUT2D eigenvalue weighted by molar-refractivity contribution is 9.10. The van der Waals surface area contributed by atoms with E-state index in [2.05, 4.69) is 33.1 Å². The summed E-state index contributed by atoms with van der Waals surface area (Å²) in [5.74, 6) is -0.743. The number of nitrogens with one attached hydrogen (secondary N) is 2. The average Bonchev–Trinajstić information content (AvgIpc) is 2.54. The standard InChI is InChI=1S/C18H14BrClN2O2/c1-10-15(17(23)11-5-7-14(20)8-6-11)16(22-18(24)21-10)12-3-2-4-13(19)9-12/h2-9,15-16H,1H2,(H2,21,22,24)/t15-,16+/m1/s1. The molecule has 1 fully saturated rings. The van der Waals surface area contributed by atoms with Gasteiger partial charge in [0.15, 0.2) is 5.78 Å². The van der Waals surface area contributed by atoms with E-state index in [9.17, 15) is 9.59 Å². The molecule has 4 nitrogen and oxygen atoms in total. The van der Waals surface area contributed by atoms with Gasteiger partial charge in [0.25, 0.3) is 0 Å². The lowest BCUT2D eigenvalue weighted by molar-refractivity contribution is 0.0905. The maximum atomic E-state index is 13.0. The van der Waals surface area contributed by atoms with E-state index in [0.717, 1.165) is 10.0 Å². The molecule has 0 spiro atoms. The first-order valence-electron chi connectivity index (χ1n) is 7.27. The van der Waals surface area contributed by atoms with Crippen LogP contribution in [0.4, 0.5) is 4.79 Å². The first kappa shape index (κ1) is 16.7. The molecule has 1 heterocycles. The van der Waals surface area contributed by atoms with Crippen LogP contribution in [0.15, 0.2) is 65.3 Å². The lowest BCUT2D eigenvalue weighted by atomic mass is 9.83. The molecule has 1 aliphatic rings. The molecule has 0 radical (unpaired) electrons. The molecule has 0 aromatic heterocycles. The van der Waals surface area contributed by atoms with Crippen LogP contribution in [0.2, 0.25) is 5.02 Å². The quantitative estimate of drug-likeness (QED) is 0.740. The normalized spacial score (nSPS) is 20.2. The number of Topliss-reactive ketones (excluding diaryl/α,β-unsaturated/α-hetero) is 1. The highest BCUT2D eigenvalue weighted by atomic mass is 79.9. The third kappa shape index (κ3) is 3.37. The molecule has 0 unspecified atom stereocenters. The predicted octanol–water partition coefficient (Wildman–Crippen LogP) is 4.47. The SMILES string of the molecule is C=C1NC(=O)N[C@@H](c2cccc(Br)c2)[C@@H]1C(=O)c1ccc(Cl)cc1. The highest BCUT2D eigenvalue weighted by Crippen LogP contribution is 2.33. The minimum atomic E-state index is -0.613. The van der Waals surface area contributed by atoms with Gasteiger partial charge in [0, 0.05) is 20.8 Å². The Morgan fingerprint density at radius 3 is 2.54 bits per heavy atom. The monoisotopic (exact) mass is 404 g/mol. The molecule has 24 heavy (non-hydrogen) atoms. The van der Waals surface area contributed by atoms with Gasteiger partial charge in [-0.1, -0.05) is 46.2 Å². The summed E-state index contributed by atoms with van der Waals surface area (Å²) in [6, 6.07) is 13.3. The number of ketones is 1. The molecule has 2 N–H and O–H groups in total. The number of hydrogen-bond acceptors (Lipinski definition) is 2. The summed E-state index contributed by atoms with van der Waals surface area (Å²) >= 11 is 9.31. The number of rotatable bonds is 3. The van der Waals surface area contributed by atoms with Crippen molar-refractivity contribution in [2.75, 3.05) is 0 Å². The number of hydrogen-bond donors (Lipinski definition) is 2. The number of halogens is 2. The van der Waals surface area contributed by atoms with Crippen LogP contribution in [-0.2, 0) is 0 Å². The zero-order valence-corrected chi connectivity index (χ0v) is 14.9. The van der Waals surface area contributed by atoms with Crippen LogP contribution in [-0.4, -0.2) is 11.8 Å². The molecule has 0 saturated carbocycles. The average molecular weight is 406 g/mol. The van der Waals surface area contributed by atoms with E-state index in [0.29, 0.717) is 16.3 Å². The molecule has 2 aromatic carbocycles. The lowest BCUT2D eigenvalue weighted by Crippen LogP contribution is -2.50. The zero-order chi connectivity index (χ0) is 17.3. The molecule has 0 bridgehead atoms. The molecule has 122 valence electrons. The van der Waals surface area contributed by atoms with E-state index < -0.39 is 12.0 Å². The van der Waals surface area contributed by atoms with Gasteiger partial charge in [-0.25, -0.2) is 4.79 Å². The molecular weight excluding hydrogens is 392 g/mol. The molecule has 0 aliphatic carbocycles. The summed E-state index contributed by atoms with van der Waals surface area (Å²) < 4.78 is 0.871. The van der Waals surface area contributed by atoms with Crippen molar-refractivity contribution in [3.63, 3.8) is 0 Å². The zero-order valence-electron chi connectivity index (χ0n) is 12.6. The summed E-state index contributed by atoms with van der Waals surface area (Å²) in [5, 5.41) is 5.99. The van der Waals surface area contributed by atoms with Crippen molar-refractivity contribution >= 4 is 39.3 Å². The van der Waals surface area contributed by atoms with Crippen molar-refractivity contribution in [1.82, 2.24) is 10.6 Å². The largest absolute Gasteiger partial charge is 0.330 e. The molecule has 2 aromatic rings. The second-order valence-electron chi connectivity index (χ2n) is 5.51. The second-order valence-corrected chi connectivity index (χ2v) is 6.86. The Kier molecular flexibility index (Phi) is 4.73. The van der Waals surface area contributed by atoms with E-state index in [-0.39, 0.29) is 11.8 Å². The van der Waals surface area contributed by atoms with E-state index in [4.69, 9.17) is 11.6 Å². The lowest BCUT2D eigenvalue weighted by Gasteiger charge is -2.34. The van der Waals surface area contributed by atoms with Crippen molar-refractivity contribution in [3.8, 4) is 0 Å². The third-order valence-electron chi connectivity index (χ3n) is 3.89. The number of urea groups is 1. The van der Waals surface area contributed by atoms with Crippen molar-refractivity contribution in [3.05, 3.63) is 81.4 Å². The van der Waals surface area contributed by atoms with Crippen LogP contribution in [0.25, 0.3) is 0 Å². The Balaban J connectivity index is 2.00. The molecule has 3 rings (SSSR count). The molecule has 1 aliphatic heterocycles. The van der Waals surface area contributed by atoms with Crippen LogP contribution >= 0.6 is 27.5 Å². The van der Waals surface area contributed by atoms with E-state index >= 15 is 0 Å². The van der Waals surface area contributed by atoms with Gasteiger partial charge in [-0.05, 0) is 42.0 Å². The number of benzene rings is 2. The Bertz CT molecular complexity index is 820. The molecular formula is C18H14BrClN2O2. The van der Waals surface area contributed by atoms with Gasteiger partial charge in [0.2, 0.25) is 0 Å². The maximum Gasteiger partial charge on any atom is 0.319 e. The van der Waals surface area contributed by atoms with Crippen LogP contribution in [0, 0.1) is 5.92 Å². The maximum absolute atomic E-state index is 13.0. The summed E-state index contributed by atoms with van der Waals surface area (Å²) in [6.45, 7) is 3.88. The minimum absolute atomic E-state index is 0.130. The fourth-order valence-electron chi connectivity index (χ4n) is 2.76. The summed E-state index contributed by atoms with van der Waals surface area (Å²) in [5.41, 5.74) is 1.72. The van der Waals surface area contributed by atoms with Crippen LogP contribution in [0.3, 0.4) is 0 Å². The van der Waals surface area contributed by atoms with Gasteiger partial charge in [-0.15, -0.1) is 0 Å². The van der Waals surface area contributed by atoms with E-state index in [1.807, 2.05) is 24.3 Å². The minimum Gasteiger partial charge on any atom is -0.330 e. The van der Waals surface area contributed by atoms with Crippen LogP contribution < -0.4 is 10.6 Å². The van der Waals surface area contributed by atoms with Gasteiger partial charge < -0.3 is 10.6 Å². The predicted molar refractivity (Wildman–Crippen MR) is 97.0 cm³/mol. The summed E-state index contributed by atoms with van der Waals surface area (Å²) in [7, 11) is 0. The Morgan fingerprint density at radius 1 is 1.17 bits per heavy atom. The van der Waals surface area contributed by atoms with Crippen LogP contribution in [0.5, 0.6) is 0 Å². The Labute approximate surface area is 153 Å². The third-order valence-corrected chi connectivity index (χ3v) is 4.63.